The summed E-state index contributed by atoms with van der Waals surface area (Å²) in [5.41, 5.74) is -3.14. The van der Waals surface area contributed by atoms with Crippen LogP contribution in [0.3, 0.4) is 0 Å². The van der Waals surface area contributed by atoms with Crippen molar-refractivity contribution in [3.63, 3.8) is 0 Å². The highest BCUT2D eigenvalue weighted by Crippen LogP contribution is 2.66. The third-order valence-electron chi connectivity index (χ3n) is 3.57. The molecule has 0 bridgehead atoms. The molecule has 2 aliphatic rings. The first kappa shape index (κ1) is 10.7. The van der Waals surface area contributed by atoms with Crippen molar-refractivity contribution in [3.8, 4) is 0 Å². The highest BCUT2D eigenvalue weighted by molar-refractivity contribution is 5.71. The monoisotopic (exact) mass is 224 g/mol. The van der Waals surface area contributed by atoms with Gasteiger partial charge in [-0.25, -0.2) is 0 Å². The van der Waals surface area contributed by atoms with Gasteiger partial charge >= 0.3 is 12.1 Å². The maximum Gasteiger partial charge on any atom is 0.417 e. The van der Waals surface area contributed by atoms with Gasteiger partial charge in [0.05, 0.1) is 5.92 Å². The number of carboxylic acids is 1. The number of carbonyl (C=O) groups is 1. The fraction of sp³-hybridized carbons (Fsp3) is 0.889. The summed E-state index contributed by atoms with van der Waals surface area (Å²) >= 11 is 0. The van der Waals surface area contributed by atoms with Crippen molar-refractivity contribution in [1.29, 1.82) is 0 Å². The van der Waals surface area contributed by atoms with Gasteiger partial charge in [0.25, 0.3) is 0 Å². The molecule has 2 N–H and O–H groups in total. The van der Waals surface area contributed by atoms with Crippen molar-refractivity contribution in [2.45, 2.75) is 37.5 Å². The van der Waals surface area contributed by atoms with Crippen LogP contribution in [0.4, 0.5) is 13.2 Å². The van der Waals surface area contributed by atoms with E-state index in [-0.39, 0.29) is 25.7 Å². The molecule has 0 aromatic rings. The minimum absolute atomic E-state index is 0.265. The van der Waals surface area contributed by atoms with Crippen molar-refractivity contribution in [1.82, 2.24) is 0 Å². The van der Waals surface area contributed by atoms with Crippen molar-refractivity contribution in [2.75, 3.05) is 0 Å². The molecule has 0 aliphatic heterocycles. The summed E-state index contributed by atoms with van der Waals surface area (Å²) in [6.07, 6.45) is -4.74. The van der Waals surface area contributed by atoms with Gasteiger partial charge in [-0.05, 0) is 31.1 Å². The number of alkyl halides is 3. The van der Waals surface area contributed by atoms with Crippen molar-refractivity contribution < 1.29 is 28.2 Å². The van der Waals surface area contributed by atoms with Gasteiger partial charge < -0.3 is 10.2 Å². The van der Waals surface area contributed by atoms with Gasteiger partial charge in [-0.15, -0.1) is 0 Å². The number of hydrogen-bond acceptors (Lipinski definition) is 2. The van der Waals surface area contributed by atoms with E-state index in [0.29, 0.717) is 0 Å². The fourth-order valence-electron chi connectivity index (χ4n) is 2.84. The summed E-state index contributed by atoms with van der Waals surface area (Å²) in [5, 5.41) is 17.8. The van der Waals surface area contributed by atoms with Gasteiger partial charge in [-0.1, -0.05) is 0 Å². The lowest BCUT2D eigenvalue weighted by Gasteiger charge is -2.60. The quantitative estimate of drug-likeness (QED) is 0.710. The van der Waals surface area contributed by atoms with E-state index in [2.05, 4.69) is 0 Å². The van der Waals surface area contributed by atoms with Crippen LogP contribution in [0.1, 0.15) is 25.7 Å². The lowest BCUT2D eigenvalue weighted by molar-refractivity contribution is -0.330. The van der Waals surface area contributed by atoms with Crippen LogP contribution in [0.2, 0.25) is 0 Å². The molecule has 6 heteroatoms. The van der Waals surface area contributed by atoms with Crippen LogP contribution < -0.4 is 0 Å². The van der Waals surface area contributed by atoms with E-state index in [4.69, 9.17) is 5.11 Å². The summed E-state index contributed by atoms with van der Waals surface area (Å²) in [6, 6.07) is 0. The average molecular weight is 224 g/mol. The van der Waals surface area contributed by atoms with Gasteiger partial charge in [0.1, 0.15) is 0 Å². The molecule has 15 heavy (non-hydrogen) atoms. The molecule has 2 fully saturated rings. The Labute approximate surface area is 83.9 Å². The van der Waals surface area contributed by atoms with Crippen LogP contribution in [0.5, 0.6) is 0 Å². The Balaban J connectivity index is 1.93. The second kappa shape index (κ2) is 2.66. The first-order valence-corrected chi connectivity index (χ1v) is 4.69. The highest BCUT2D eigenvalue weighted by atomic mass is 19.4. The van der Waals surface area contributed by atoms with Crippen LogP contribution >= 0.6 is 0 Å². The largest absolute Gasteiger partial charge is 0.481 e. The molecular weight excluding hydrogens is 213 g/mol. The Morgan fingerprint density at radius 1 is 1.27 bits per heavy atom. The zero-order chi connectivity index (χ0) is 11.5. The molecule has 0 aromatic carbocycles. The number of carboxylic acid groups (broad SMARTS) is 1. The molecule has 0 saturated heterocycles. The molecule has 2 aliphatic carbocycles. The Kier molecular flexibility index (Phi) is 1.91. The molecule has 0 aromatic heterocycles. The average Bonchev–Trinajstić information content (AvgIpc) is 1.90. The molecule has 0 radical (unpaired) electrons. The van der Waals surface area contributed by atoms with E-state index in [0.717, 1.165) is 0 Å². The van der Waals surface area contributed by atoms with Crippen molar-refractivity contribution in [3.05, 3.63) is 0 Å². The molecule has 3 nitrogen and oxygen atoms in total. The number of aliphatic carboxylic acids is 1. The lowest BCUT2D eigenvalue weighted by Crippen LogP contribution is -2.64. The Morgan fingerprint density at radius 3 is 2.07 bits per heavy atom. The van der Waals surface area contributed by atoms with Gasteiger partial charge in [0, 0.05) is 0 Å². The minimum Gasteiger partial charge on any atom is -0.481 e. The van der Waals surface area contributed by atoms with E-state index < -0.39 is 29.1 Å². The second-order valence-corrected chi connectivity index (χ2v) is 4.83. The number of rotatable bonds is 1. The van der Waals surface area contributed by atoms with E-state index in [1.165, 1.54) is 0 Å². The van der Waals surface area contributed by atoms with Crippen LogP contribution in [0, 0.1) is 11.3 Å². The van der Waals surface area contributed by atoms with Crippen LogP contribution in [-0.2, 0) is 4.79 Å². The van der Waals surface area contributed by atoms with E-state index in [9.17, 15) is 23.1 Å². The summed E-state index contributed by atoms with van der Waals surface area (Å²) in [7, 11) is 0. The molecular formula is C9H11F3O3. The molecule has 2 rings (SSSR count). The molecule has 1 spiro atoms. The number of hydrogen-bond donors (Lipinski definition) is 2. The third kappa shape index (κ3) is 1.42. The van der Waals surface area contributed by atoms with Crippen LogP contribution in [0.25, 0.3) is 0 Å². The Morgan fingerprint density at radius 2 is 1.73 bits per heavy atom. The zero-order valence-electron chi connectivity index (χ0n) is 7.84. The van der Waals surface area contributed by atoms with E-state index in [1.807, 2.05) is 0 Å². The number of halogens is 3. The SMILES string of the molecule is O=C(O)C1CC2(C1)CC(O)(C(F)(F)F)C2. The summed E-state index contributed by atoms with van der Waals surface area (Å²) in [4.78, 5) is 10.5. The van der Waals surface area contributed by atoms with Gasteiger partial charge in [0.15, 0.2) is 5.60 Å². The van der Waals surface area contributed by atoms with Gasteiger partial charge in [-0.3, -0.25) is 4.79 Å². The summed E-state index contributed by atoms with van der Waals surface area (Å²) < 4.78 is 36.8. The van der Waals surface area contributed by atoms with Gasteiger partial charge in [0.2, 0.25) is 0 Å². The predicted octanol–water partition coefficient (Wildman–Crippen LogP) is 1.55. The maximum atomic E-state index is 12.3. The fourth-order valence-corrected chi connectivity index (χ4v) is 2.84. The molecule has 0 amide bonds. The first-order valence-electron chi connectivity index (χ1n) is 4.69. The summed E-state index contributed by atoms with van der Waals surface area (Å²) in [5.74, 6) is -1.48. The van der Waals surface area contributed by atoms with Gasteiger partial charge in [-0.2, -0.15) is 13.2 Å². The van der Waals surface area contributed by atoms with Crippen LogP contribution in [0.15, 0.2) is 0 Å². The topological polar surface area (TPSA) is 57.5 Å². The number of aliphatic hydroxyl groups is 1. The van der Waals surface area contributed by atoms with E-state index in [1.54, 1.807) is 0 Å². The standard InChI is InChI=1S/C9H11F3O3/c10-9(11,12)8(15)3-7(4-8)1-5(2-7)6(13)14/h5,15H,1-4H2,(H,13,14). The summed E-state index contributed by atoms with van der Waals surface area (Å²) in [6.45, 7) is 0. The van der Waals surface area contributed by atoms with Crippen molar-refractivity contribution >= 4 is 5.97 Å². The van der Waals surface area contributed by atoms with Crippen LogP contribution in [-0.4, -0.2) is 28.0 Å². The smallest absolute Gasteiger partial charge is 0.417 e. The highest BCUT2D eigenvalue weighted by Gasteiger charge is 2.70. The molecule has 86 valence electrons. The normalized spacial score (nSPS) is 44.7. The molecule has 0 atom stereocenters. The van der Waals surface area contributed by atoms with E-state index >= 15 is 0 Å². The molecule has 0 heterocycles. The Hall–Kier alpha value is -0.780. The molecule has 0 unspecified atom stereocenters. The predicted molar refractivity (Wildman–Crippen MR) is 43.0 cm³/mol. The van der Waals surface area contributed by atoms with Crippen molar-refractivity contribution in [2.24, 2.45) is 11.3 Å². The zero-order valence-corrected chi connectivity index (χ0v) is 7.84. The lowest BCUT2D eigenvalue weighted by atomic mass is 9.46. The minimum atomic E-state index is -4.59. The first-order chi connectivity index (χ1) is 6.68. The maximum absolute atomic E-state index is 12.3. The third-order valence-corrected chi connectivity index (χ3v) is 3.57. The Bertz CT molecular complexity index is 296. The molecule has 2 saturated carbocycles. The second-order valence-electron chi connectivity index (χ2n) is 4.83.